The number of hydrogen-bond donors (Lipinski definition) is 0. The van der Waals surface area contributed by atoms with E-state index in [1.54, 1.807) is 13.0 Å². The van der Waals surface area contributed by atoms with Crippen molar-refractivity contribution in [1.29, 1.82) is 0 Å². The van der Waals surface area contributed by atoms with Crippen LogP contribution in [0.1, 0.15) is 132 Å². The van der Waals surface area contributed by atoms with Crippen LogP contribution in [0.25, 0.3) is 0 Å². The third-order valence-corrected chi connectivity index (χ3v) is 9.92. The number of benzene rings is 2. The summed E-state index contributed by atoms with van der Waals surface area (Å²) in [5.41, 5.74) is 3.84. The van der Waals surface area contributed by atoms with Crippen molar-refractivity contribution in [2.24, 2.45) is 17.8 Å². The van der Waals surface area contributed by atoms with E-state index in [9.17, 15) is 8.78 Å². The zero-order valence-electron chi connectivity index (χ0n) is 24.9. The van der Waals surface area contributed by atoms with Crippen LogP contribution in [-0.4, -0.2) is 6.61 Å². The van der Waals surface area contributed by atoms with Gasteiger partial charge in [-0.05, 0) is 104 Å². The normalized spacial score (nSPS) is 23.6. The number of ether oxygens (including phenoxy) is 1. The lowest BCUT2D eigenvalue weighted by atomic mass is 9.74. The zero-order chi connectivity index (χ0) is 27.6. The van der Waals surface area contributed by atoms with Gasteiger partial charge in [-0.1, -0.05) is 95.4 Å². The minimum atomic E-state index is -0.867. The Bertz CT molecular complexity index is 998. The molecule has 2 fully saturated rings. The molecule has 2 aromatic carbocycles. The molecule has 0 radical (unpaired) electrons. The molecule has 39 heavy (non-hydrogen) atoms. The average molecular weight is 539 g/mol. The first-order valence-corrected chi connectivity index (χ1v) is 16.2. The second-order valence-electron chi connectivity index (χ2n) is 12.7. The second-order valence-corrected chi connectivity index (χ2v) is 12.7. The van der Waals surface area contributed by atoms with Crippen LogP contribution >= 0.6 is 0 Å². The third-order valence-electron chi connectivity index (χ3n) is 9.92. The fourth-order valence-corrected chi connectivity index (χ4v) is 7.30. The molecule has 216 valence electrons. The molecule has 0 atom stereocenters. The molecule has 0 aliphatic heterocycles. The summed E-state index contributed by atoms with van der Waals surface area (Å²) in [7, 11) is 0. The van der Waals surface area contributed by atoms with Crippen molar-refractivity contribution >= 4 is 0 Å². The van der Waals surface area contributed by atoms with Crippen molar-refractivity contribution in [3.8, 4) is 5.75 Å². The van der Waals surface area contributed by atoms with Gasteiger partial charge in [-0.25, -0.2) is 4.39 Å². The predicted molar refractivity (Wildman–Crippen MR) is 160 cm³/mol. The first-order valence-electron chi connectivity index (χ1n) is 16.2. The van der Waals surface area contributed by atoms with Gasteiger partial charge in [0.05, 0.1) is 6.61 Å². The van der Waals surface area contributed by atoms with Gasteiger partial charge >= 0.3 is 0 Å². The molecule has 0 unspecified atom stereocenters. The zero-order valence-corrected chi connectivity index (χ0v) is 24.9. The number of halogens is 2. The van der Waals surface area contributed by atoms with E-state index in [-0.39, 0.29) is 5.75 Å². The van der Waals surface area contributed by atoms with Crippen LogP contribution in [0.4, 0.5) is 8.78 Å². The first kappa shape index (κ1) is 30.1. The molecule has 0 heterocycles. The highest BCUT2D eigenvalue weighted by Crippen LogP contribution is 2.40. The summed E-state index contributed by atoms with van der Waals surface area (Å²) < 4.78 is 34.2. The van der Waals surface area contributed by atoms with Crippen molar-refractivity contribution in [3.05, 3.63) is 64.2 Å². The van der Waals surface area contributed by atoms with E-state index in [1.165, 1.54) is 101 Å². The van der Waals surface area contributed by atoms with Crippen LogP contribution in [0, 0.1) is 36.3 Å². The molecule has 0 amide bonds. The predicted octanol–water partition coefficient (Wildman–Crippen LogP) is 10.9. The highest BCUT2D eigenvalue weighted by atomic mass is 19.2. The summed E-state index contributed by atoms with van der Waals surface area (Å²) >= 11 is 0. The lowest BCUT2D eigenvalue weighted by Crippen LogP contribution is -2.18. The monoisotopic (exact) mass is 538 g/mol. The van der Waals surface area contributed by atoms with Gasteiger partial charge in [0.2, 0.25) is 5.82 Å². The molecule has 0 spiro atoms. The van der Waals surface area contributed by atoms with E-state index in [4.69, 9.17) is 4.74 Å². The minimum absolute atomic E-state index is 0.00983. The molecule has 2 aliphatic rings. The molecule has 2 saturated carbocycles. The summed E-state index contributed by atoms with van der Waals surface area (Å²) in [6.07, 6.45) is 21.1. The largest absolute Gasteiger partial charge is 0.491 e. The Balaban J connectivity index is 1.17. The quantitative estimate of drug-likeness (QED) is 0.230. The van der Waals surface area contributed by atoms with Gasteiger partial charge in [0.15, 0.2) is 11.6 Å². The molecule has 3 heteroatoms. The molecule has 0 bridgehead atoms. The van der Waals surface area contributed by atoms with Gasteiger partial charge in [-0.2, -0.15) is 4.39 Å². The number of aryl methyl sites for hydroxylation is 2. The summed E-state index contributed by atoms with van der Waals surface area (Å²) in [4.78, 5) is 0. The topological polar surface area (TPSA) is 9.23 Å². The Hall–Kier alpha value is -1.90. The molecule has 4 rings (SSSR count). The molecular weight excluding hydrogens is 486 g/mol. The smallest absolute Gasteiger partial charge is 0.200 e. The third kappa shape index (κ3) is 8.54. The van der Waals surface area contributed by atoms with E-state index in [0.29, 0.717) is 30.9 Å². The molecule has 1 nitrogen and oxygen atoms in total. The lowest BCUT2D eigenvalue weighted by molar-refractivity contribution is 0.222. The SMILES string of the molecule is CCCCCC1CCC(CCC2CCC(c3ccc(CCc4c(C)cc(OCC)c(F)c4F)cc3)CC2)CC1. The van der Waals surface area contributed by atoms with Crippen molar-refractivity contribution in [1.82, 2.24) is 0 Å². The summed E-state index contributed by atoms with van der Waals surface area (Å²) in [6.45, 7) is 6.24. The number of hydrogen-bond acceptors (Lipinski definition) is 1. The van der Waals surface area contributed by atoms with Gasteiger partial charge in [0.25, 0.3) is 0 Å². The molecule has 0 saturated heterocycles. The fraction of sp³-hybridized carbons (Fsp3) is 0.667. The Kier molecular flexibility index (Phi) is 11.7. The molecule has 0 N–H and O–H groups in total. The standard InChI is InChI=1S/C36H52F2O/c1-4-6-7-8-27-9-11-28(12-10-27)13-14-29-15-20-31(21-16-29)32-22-17-30(18-23-32)19-24-33-26(3)25-34(39-5-2)36(38)35(33)37/h17-18,22-23,25,27-29,31H,4-16,19-21,24H2,1-3H3. The van der Waals surface area contributed by atoms with Gasteiger partial charge in [0.1, 0.15) is 0 Å². The average Bonchev–Trinajstić information content (AvgIpc) is 2.96. The van der Waals surface area contributed by atoms with Crippen LogP contribution in [-0.2, 0) is 12.8 Å². The maximum Gasteiger partial charge on any atom is 0.200 e. The van der Waals surface area contributed by atoms with Gasteiger partial charge < -0.3 is 4.74 Å². The first-order chi connectivity index (χ1) is 19.0. The van der Waals surface area contributed by atoms with Crippen LogP contribution in [0.5, 0.6) is 5.75 Å². The van der Waals surface area contributed by atoms with Gasteiger partial charge in [0, 0.05) is 0 Å². The lowest BCUT2D eigenvalue weighted by Gasteiger charge is -2.32. The van der Waals surface area contributed by atoms with E-state index in [2.05, 4.69) is 31.2 Å². The van der Waals surface area contributed by atoms with Crippen molar-refractivity contribution in [2.45, 2.75) is 129 Å². The molecular formula is C36H52F2O. The summed E-state index contributed by atoms with van der Waals surface area (Å²) in [5.74, 6) is 2.00. The number of unbranched alkanes of at least 4 members (excludes halogenated alkanes) is 2. The van der Waals surface area contributed by atoms with Gasteiger partial charge in [-0.3, -0.25) is 0 Å². The van der Waals surface area contributed by atoms with Crippen LogP contribution in [0.15, 0.2) is 30.3 Å². The van der Waals surface area contributed by atoms with Crippen LogP contribution in [0.3, 0.4) is 0 Å². The van der Waals surface area contributed by atoms with Crippen LogP contribution in [0.2, 0.25) is 0 Å². The second kappa shape index (κ2) is 15.2. The van der Waals surface area contributed by atoms with Crippen molar-refractivity contribution in [3.63, 3.8) is 0 Å². The maximum atomic E-state index is 14.7. The van der Waals surface area contributed by atoms with E-state index in [1.807, 2.05) is 6.92 Å². The maximum absolute atomic E-state index is 14.7. The van der Waals surface area contributed by atoms with E-state index >= 15 is 0 Å². The van der Waals surface area contributed by atoms with Gasteiger partial charge in [-0.15, -0.1) is 0 Å². The fourth-order valence-electron chi connectivity index (χ4n) is 7.30. The minimum Gasteiger partial charge on any atom is -0.491 e. The van der Waals surface area contributed by atoms with Crippen molar-refractivity contribution in [2.75, 3.05) is 6.61 Å². The highest BCUT2D eigenvalue weighted by molar-refractivity contribution is 5.38. The summed E-state index contributed by atoms with van der Waals surface area (Å²) in [6, 6.07) is 10.6. The van der Waals surface area contributed by atoms with E-state index in [0.717, 1.165) is 23.3 Å². The Labute approximate surface area is 237 Å². The highest BCUT2D eigenvalue weighted by Gasteiger charge is 2.25. The Morgan fingerprint density at radius 3 is 1.90 bits per heavy atom. The van der Waals surface area contributed by atoms with Crippen LogP contribution < -0.4 is 4.74 Å². The summed E-state index contributed by atoms with van der Waals surface area (Å²) in [5, 5.41) is 0. The molecule has 2 aromatic rings. The molecule has 0 aromatic heterocycles. The Morgan fingerprint density at radius 2 is 1.31 bits per heavy atom. The van der Waals surface area contributed by atoms with E-state index < -0.39 is 11.6 Å². The number of rotatable bonds is 13. The van der Waals surface area contributed by atoms with Crippen molar-refractivity contribution < 1.29 is 13.5 Å². The Morgan fingerprint density at radius 1 is 0.718 bits per heavy atom. The molecule has 2 aliphatic carbocycles.